The van der Waals surface area contributed by atoms with E-state index in [1.165, 1.54) is 0 Å². The van der Waals surface area contributed by atoms with E-state index in [0.29, 0.717) is 0 Å². The molecule has 0 aliphatic rings. The molecule has 0 aliphatic heterocycles. The van der Waals surface area contributed by atoms with E-state index < -0.39 is 0 Å². The zero-order valence-corrected chi connectivity index (χ0v) is 3.33. The van der Waals surface area contributed by atoms with E-state index >= 15 is 0 Å². The van der Waals surface area contributed by atoms with Gasteiger partial charge in [0.25, 0.3) is 0 Å². The molecule has 1 nitrogen and oxygen atoms in total. The van der Waals surface area contributed by atoms with Crippen LogP contribution in [0.1, 0.15) is 2.97 Å². The fourth-order valence-electron chi connectivity index (χ4n) is 0.313. The summed E-state index contributed by atoms with van der Waals surface area (Å²) in [5, 5.41) is 0. The van der Waals surface area contributed by atoms with Gasteiger partial charge in [0.2, 0.25) is 0 Å². The largest absolute Gasteiger partial charge is 0.265 e. The molecule has 0 amide bonds. The van der Waals surface area contributed by atoms with Gasteiger partial charge >= 0.3 is 0 Å². The molecule has 0 fully saturated rings. The molecule has 1 rings (SSSR count). The zero-order chi connectivity index (χ0) is 6.24. The second kappa shape index (κ2) is 1.55. The van der Waals surface area contributed by atoms with Crippen LogP contribution >= 0.6 is 0 Å². The fraction of sp³-hybridized carbons (Fsp3) is 0. The summed E-state index contributed by atoms with van der Waals surface area (Å²) in [5.41, 5.74) is 0. The smallest absolute Gasteiger partial charge is 0.0267 e. The minimum atomic E-state index is 1.75. The predicted molar refractivity (Wildman–Crippen MR) is 26.4 cm³/mol. The van der Waals surface area contributed by atoms with Gasteiger partial charge in [-0.2, -0.15) is 0 Å². The lowest BCUT2D eigenvalue weighted by atomic mass is 10.5. The van der Waals surface area contributed by atoms with Gasteiger partial charge in [-0.25, -0.2) is 0 Å². The lowest BCUT2D eigenvalue weighted by Gasteiger charge is -1.70. The first-order chi connectivity index (χ1) is 4.00. The van der Waals surface area contributed by atoms with Crippen molar-refractivity contribution in [2.75, 3.05) is 0 Å². The average Bonchev–Trinajstić information content (AvgIpc) is 1.96. The maximum Gasteiger partial charge on any atom is 0.0267 e. The molecule has 1 heterocycles. The SMILES string of the molecule is [3H][3H].c1ccncc1. The maximum absolute atomic E-state index is 5.00. The number of pyridine rings is 1. The van der Waals surface area contributed by atoms with Crippen molar-refractivity contribution in [3.05, 3.63) is 30.6 Å². The maximum atomic E-state index is 5.00. The van der Waals surface area contributed by atoms with Crippen LogP contribution in [0.3, 0.4) is 0 Å². The van der Waals surface area contributed by atoms with E-state index in [4.69, 9.17) is 2.97 Å². The Morgan fingerprint density at radius 3 is 2.00 bits per heavy atom. The second-order valence-corrected chi connectivity index (χ2v) is 1.02. The Bertz CT molecular complexity index is 82.4. The molecule has 0 radical (unpaired) electrons. The summed E-state index contributed by atoms with van der Waals surface area (Å²) in [6.07, 6.45) is 3.50. The molecular weight excluding hydrogens is 74.1 g/mol. The van der Waals surface area contributed by atoms with Gasteiger partial charge in [0, 0.05) is 15.4 Å². The molecule has 0 unspecified atom stereocenters. The first kappa shape index (κ1) is 2.35. The molecule has 0 saturated heterocycles. The second-order valence-electron chi connectivity index (χ2n) is 1.02. The van der Waals surface area contributed by atoms with Crippen molar-refractivity contribution in [2.24, 2.45) is 0 Å². The summed E-state index contributed by atoms with van der Waals surface area (Å²) in [5.74, 6) is 0. The van der Waals surface area contributed by atoms with Crippen LogP contribution in [0.2, 0.25) is 0 Å². The van der Waals surface area contributed by atoms with E-state index in [0.717, 1.165) is 0 Å². The molecule has 1 aromatic heterocycles. The highest BCUT2D eigenvalue weighted by atomic mass is 14.6. The van der Waals surface area contributed by atoms with Gasteiger partial charge in [-0.3, -0.25) is 4.98 Å². The number of rotatable bonds is 0. The summed E-state index contributed by atoms with van der Waals surface area (Å²) < 4.78 is 10.0. The van der Waals surface area contributed by atoms with E-state index in [1.807, 2.05) is 18.2 Å². The quantitative estimate of drug-likeness (QED) is 0.463. The molecule has 6 heavy (non-hydrogen) atoms. The van der Waals surface area contributed by atoms with Crippen LogP contribution in [0, 0.1) is 0 Å². The minimum Gasteiger partial charge on any atom is -0.265 e. The van der Waals surface area contributed by atoms with Crippen LogP contribution in [0.25, 0.3) is 0 Å². The van der Waals surface area contributed by atoms with Crippen molar-refractivity contribution >= 4 is 0 Å². The molecule has 0 saturated carbocycles. The highest BCUT2D eigenvalue weighted by Gasteiger charge is 1.58. The van der Waals surface area contributed by atoms with Crippen LogP contribution < -0.4 is 0 Å². The van der Waals surface area contributed by atoms with Crippen molar-refractivity contribution in [2.45, 2.75) is 0 Å². The Labute approximate surface area is 39.7 Å². The normalized spacial score (nSPS) is 9.33. The molecule has 0 N–H and O–H groups in total. The molecule has 0 aliphatic carbocycles. The Balaban J connectivity index is 0.000000222. The third kappa shape index (κ3) is 0.549. The van der Waals surface area contributed by atoms with Gasteiger partial charge in [0.15, 0.2) is 0 Å². The molecule has 0 atom stereocenters. The van der Waals surface area contributed by atoms with Crippen LogP contribution in [0.4, 0.5) is 0 Å². The van der Waals surface area contributed by atoms with Gasteiger partial charge in [-0.05, 0) is 12.1 Å². The van der Waals surface area contributed by atoms with Crippen LogP contribution in [-0.2, 0) is 0 Å². The molecule has 1 aromatic rings. The number of nitrogens with zero attached hydrogens (tertiary/aromatic N) is 1. The fourth-order valence-corrected chi connectivity index (χ4v) is 0.313. The first-order valence-electron chi connectivity index (χ1n) is 2.85. The monoisotopic (exact) mass is 85.1 g/mol. The highest BCUT2D eigenvalue weighted by molar-refractivity contribution is 4.88. The van der Waals surface area contributed by atoms with Crippen molar-refractivity contribution < 1.29 is 2.97 Å². The number of aromatic nitrogens is 1. The first-order valence-corrected chi connectivity index (χ1v) is 1.85. The minimum absolute atomic E-state index is 1.75. The average molecular weight is 85.1 g/mol. The van der Waals surface area contributed by atoms with E-state index in [1.54, 1.807) is 12.4 Å². The van der Waals surface area contributed by atoms with E-state index in [2.05, 4.69) is 4.98 Å². The van der Waals surface area contributed by atoms with Crippen molar-refractivity contribution in [1.82, 2.24) is 4.98 Å². The standard InChI is InChI=1S/C5H5N.H2/c1-2-4-6-5-3-1;/h1-5H;1H/i;1+2T. The molecular formula is C5H7N. The lowest BCUT2D eigenvalue weighted by Crippen LogP contribution is -1.58. The van der Waals surface area contributed by atoms with Crippen LogP contribution in [0.15, 0.2) is 30.6 Å². The summed E-state index contributed by atoms with van der Waals surface area (Å²) >= 11 is 0. The van der Waals surface area contributed by atoms with Gasteiger partial charge in [0.1, 0.15) is 0 Å². The Kier molecular flexibility index (Phi) is 0.607. The molecule has 32 valence electrons. The van der Waals surface area contributed by atoms with Gasteiger partial charge in [0.05, 0.1) is 0 Å². The number of hydrogen-bond acceptors (Lipinski definition) is 1. The van der Waals surface area contributed by atoms with Crippen molar-refractivity contribution in [3.8, 4) is 0 Å². The summed E-state index contributed by atoms with van der Waals surface area (Å²) in [4.78, 5) is 3.78. The summed E-state index contributed by atoms with van der Waals surface area (Å²) in [6.45, 7) is 0. The Morgan fingerprint density at radius 1 is 1.17 bits per heavy atom. The van der Waals surface area contributed by atoms with Crippen LogP contribution in [0.5, 0.6) is 0 Å². The van der Waals surface area contributed by atoms with Crippen molar-refractivity contribution in [3.63, 3.8) is 0 Å². The highest BCUT2D eigenvalue weighted by Crippen LogP contribution is 1.73. The molecule has 0 spiro atoms. The third-order valence-electron chi connectivity index (χ3n) is 0.566. The lowest BCUT2D eigenvalue weighted by molar-refractivity contribution is 1.33. The van der Waals surface area contributed by atoms with E-state index in [9.17, 15) is 0 Å². The summed E-state index contributed by atoms with van der Waals surface area (Å²) in [7, 11) is 0. The molecule has 1 heteroatoms. The van der Waals surface area contributed by atoms with Crippen LogP contribution in [-0.4, -0.2) is 4.98 Å². The molecule has 0 bridgehead atoms. The summed E-state index contributed by atoms with van der Waals surface area (Å²) in [6, 6.07) is 5.72. The topological polar surface area (TPSA) is 12.9 Å². The van der Waals surface area contributed by atoms with Gasteiger partial charge < -0.3 is 0 Å². The predicted octanol–water partition coefficient (Wildman–Crippen LogP) is 1.33. The van der Waals surface area contributed by atoms with Crippen molar-refractivity contribution in [1.29, 1.82) is 0 Å². The number of hydrogen-bond donors (Lipinski definition) is 0. The third-order valence-corrected chi connectivity index (χ3v) is 0.566. The van der Waals surface area contributed by atoms with Gasteiger partial charge in [-0.15, -0.1) is 0 Å². The van der Waals surface area contributed by atoms with E-state index in [-0.39, 0.29) is 0 Å². The Hall–Kier alpha value is -0.850. The van der Waals surface area contributed by atoms with Gasteiger partial charge in [-0.1, -0.05) is 6.07 Å². The zero-order valence-electron chi connectivity index (χ0n) is 5.33. The molecule has 0 aromatic carbocycles. The Morgan fingerprint density at radius 2 is 1.83 bits per heavy atom.